The third-order valence-corrected chi connectivity index (χ3v) is 7.59. The van der Waals surface area contributed by atoms with E-state index in [1.807, 2.05) is 30.3 Å². The minimum absolute atomic E-state index is 0.00823. The predicted octanol–water partition coefficient (Wildman–Crippen LogP) is 1.06. The number of nitrogens with zero attached hydrogens (tertiary/aromatic N) is 1. The molecule has 2 aliphatic rings. The summed E-state index contributed by atoms with van der Waals surface area (Å²) in [5.41, 5.74) is 6.09. The summed E-state index contributed by atoms with van der Waals surface area (Å²) in [6, 6.07) is 15.8. The average molecular weight is 472 g/mol. The van der Waals surface area contributed by atoms with E-state index in [-0.39, 0.29) is 36.4 Å². The van der Waals surface area contributed by atoms with E-state index >= 15 is 0 Å². The first-order valence-corrected chi connectivity index (χ1v) is 12.5. The van der Waals surface area contributed by atoms with Crippen molar-refractivity contribution in [2.75, 3.05) is 18.1 Å². The summed E-state index contributed by atoms with van der Waals surface area (Å²) in [5.74, 6) is -1.26. The summed E-state index contributed by atoms with van der Waals surface area (Å²) >= 11 is 0. The minimum Gasteiger partial charge on any atom is -0.489 e. The lowest BCUT2D eigenvalue weighted by Gasteiger charge is -2.22. The largest absolute Gasteiger partial charge is 0.489 e. The van der Waals surface area contributed by atoms with Crippen molar-refractivity contribution in [3.8, 4) is 5.75 Å². The number of carbonyl (C=O) groups is 3. The van der Waals surface area contributed by atoms with Crippen LogP contribution in [0.2, 0.25) is 0 Å². The first-order chi connectivity index (χ1) is 15.8. The van der Waals surface area contributed by atoms with Gasteiger partial charge in [-0.3, -0.25) is 25.2 Å². The van der Waals surface area contributed by atoms with E-state index in [4.69, 9.17) is 4.74 Å². The van der Waals surface area contributed by atoms with Crippen LogP contribution in [0.25, 0.3) is 0 Å². The molecule has 2 aromatic carbocycles. The highest BCUT2D eigenvalue weighted by Gasteiger charge is 2.42. The molecule has 10 heteroatoms. The molecule has 0 bridgehead atoms. The van der Waals surface area contributed by atoms with Gasteiger partial charge in [0.05, 0.1) is 17.4 Å². The Morgan fingerprint density at radius 2 is 1.76 bits per heavy atom. The van der Waals surface area contributed by atoms with Gasteiger partial charge in [-0.2, -0.15) is 0 Å². The zero-order chi connectivity index (χ0) is 23.4. The number of ether oxygens (including phenoxy) is 1. The topological polar surface area (TPSA) is 122 Å². The van der Waals surface area contributed by atoms with Crippen LogP contribution in [0.1, 0.15) is 28.8 Å². The van der Waals surface area contributed by atoms with Crippen molar-refractivity contribution in [2.45, 2.75) is 25.5 Å². The van der Waals surface area contributed by atoms with E-state index in [9.17, 15) is 22.8 Å². The van der Waals surface area contributed by atoms with Gasteiger partial charge in [-0.05, 0) is 36.2 Å². The highest BCUT2D eigenvalue weighted by atomic mass is 32.2. The Bertz CT molecular complexity index is 1130. The molecule has 0 aromatic heterocycles. The normalized spacial score (nSPS) is 21.6. The molecule has 3 amide bonds. The molecule has 0 radical (unpaired) electrons. The lowest BCUT2D eigenvalue weighted by atomic mass is 10.1. The second-order valence-electron chi connectivity index (χ2n) is 8.25. The summed E-state index contributed by atoms with van der Waals surface area (Å²) in [5, 5.41) is 0. The van der Waals surface area contributed by atoms with Crippen molar-refractivity contribution in [1.29, 1.82) is 0 Å². The Hall–Kier alpha value is -3.40. The lowest BCUT2D eigenvalue weighted by Crippen LogP contribution is -2.45. The molecule has 2 N–H and O–H groups in total. The third kappa shape index (κ3) is 5.70. The van der Waals surface area contributed by atoms with Crippen LogP contribution in [0, 0.1) is 5.92 Å². The number of carbonyl (C=O) groups excluding carboxylic acids is 3. The lowest BCUT2D eigenvalue weighted by molar-refractivity contribution is -0.130. The van der Waals surface area contributed by atoms with Crippen LogP contribution in [0.5, 0.6) is 5.75 Å². The molecule has 0 saturated carbocycles. The predicted molar refractivity (Wildman–Crippen MR) is 120 cm³/mol. The van der Waals surface area contributed by atoms with E-state index in [1.165, 1.54) is 4.90 Å². The van der Waals surface area contributed by atoms with Gasteiger partial charge in [-0.15, -0.1) is 0 Å². The maximum absolute atomic E-state index is 12.4. The van der Waals surface area contributed by atoms with Crippen LogP contribution in [0.15, 0.2) is 54.6 Å². The van der Waals surface area contributed by atoms with Crippen LogP contribution < -0.4 is 15.6 Å². The van der Waals surface area contributed by atoms with Crippen LogP contribution in [0.3, 0.4) is 0 Å². The molecule has 33 heavy (non-hydrogen) atoms. The fourth-order valence-electron chi connectivity index (χ4n) is 4.02. The van der Waals surface area contributed by atoms with Crippen LogP contribution in [-0.2, 0) is 26.0 Å². The second-order valence-corrected chi connectivity index (χ2v) is 10.5. The fraction of sp³-hybridized carbons (Fsp3) is 0.348. The first kappa shape index (κ1) is 22.8. The van der Waals surface area contributed by atoms with Gasteiger partial charge in [0.15, 0.2) is 9.84 Å². The van der Waals surface area contributed by atoms with Crippen LogP contribution >= 0.6 is 0 Å². The van der Waals surface area contributed by atoms with Gasteiger partial charge in [0, 0.05) is 24.6 Å². The standard InChI is InChI=1S/C23H25N3O6S/c27-21-12-18(13-26(21)19-10-11-33(30,31)15-19)23(29)25-24-22(28)17-6-8-20(9-7-17)32-14-16-4-2-1-3-5-16/h1-9,18-19H,10-15H2,(H,24,28)(H,25,29). The van der Waals surface area contributed by atoms with Crippen molar-refractivity contribution in [1.82, 2.24) is 15.8 Å². The summed E-state index contributed by atoms with van der Waals surface area (Å²) in [4.78, 5) is 38.6. The molecule has 2 fully saturated rings. The van der Waals surface area contributed by atoms with Crippen molar-refractivity contribution in [2.24, 2.45) is 5.92 Å². The molecular formula is C23H25N3O6S. The zero-order valence-corrected chi connectivity index (χ0v) is 18.7. The molecule has 174 valence electrons. The molecule has 2 heterocycles. The van der Waals surface area contributed by atoms with Crippen molar-refractivity contribution in [3.05, 3.63) is 65.7 Å². The molecule has 2 aromatic rings. The number of likely N-dealkylation sites (tertiary alicyclic amines) is 1. The maximum atomic E-state index is 12.4. The monoisotopic (exact) mass is 471 g/mol. The number of hydrogen-bond donors (Lipinski definition) is 2. The van der Waals surface area contributed by atoms with Gasteiger partial charge in [-0.25, -0.2) is 8.42 Å². The number of nitrogens with one attached hydrogen (secondary N) is 2. The number of hydrogen-bond acceptors (Lipinski definition) is 6. The molecule has 9 nitrogen and oxygen atoms in total. The van der Waals surface area contributed by atoms with Gasteiger partial charge >= 0.3 is 0 Å². The smallest absolute Gasteiger partial charge is 0.269 e. The molecule has 2 unspecified atom stereocenters. The van der Waals surface area contributed by atoms with Crippen LogP contribution in [-0.4, -0.2) is 55.1 Å². The van der Waals surface area contributed by atoms with Gasteiger partial charge < -0.3 is 9.64 Å². The van der Waals surface area contributed by atoms with Gasteiger partial charge in [0.1, 0.15) is 12.4 Å². The quantitative estimate of drug-likeness (QED) is 0.608. The van der Waals surface area contributed by atoms with Gasteiger partial charge in [-0.1, -0.05) is 30.3 Å². The highest BCUT2D eigenvalue weighted by molar-refractivity contribution is 7.91. The molecule has 2 atom stereocenters. The van der Waals surface area contributed by atoms with E-state index in [2.05, 4.69) is 10.9 Å². The van der Waals surface area contributed by atoms with E-state index in [0.29, 0.717) is 24.3 Å². The van der Waals surface area contributed by atoms with Crippen molar-refractivity contribution >= 4 is 27.6 Å². The molecule has 0 spiro atoms. The Morgan fingerprint density at radius 1 is 1.03 bits per heavy atom. The summed E-state index contributed by atoms with van der Waals surface area (Å²) < 4.78 is 29.1. The Labute approximate surface area is 192 Å². The second kappa shape index (κ2) is 9.62. The summed E-state index contributed by atoms with van der Waals surface area (Å²) in [7, 11) is -3.13. The number of rotatable bonds is 6. The van der Waals surface area contributed by atoms with E-state index in [0.717, 1.165) is 5.56 Å². The zero-order valence-electron chi connectivity index (χ0n) is 17.9. The highest BCUT2D eigenvalue weighted by Crippen LogP contribution is 2.26. The molecule has 2 saturated heterocycles. The van der Waals surface area contributed by atoms with Crippen LogP contribution in [0.4, 0.5) is 0 Å². The average Bonchev–Trinajstić information content (AvgIpc) is 3.38. The van der Waals surface area contributed by atoms with Crippen molar-refractivity contribution in [3.63, 3.8) is 0 Å². The minimum atomic E-state index is -3.13. The summed E-state index contributed by atoms with van der Waals surface area (Å²) in [6.45, 7) is 0.556. The third-order valence-electron chi connectivity index (χ3n) is 5.84. The van der Waals surface area contributed by atoms with Gasteiger partial charge in [0.25, 0.3) is 5.91 Å². The van der Waals surface area contributed by atoms with Gasteiger partial charge in [0.2, 0.25) is 11.8 Å². The van der Waals surface area contributed by atoms with E-state index in [1.54, 1.807) is 24.3 Å². The fourth-order valence-corrected chi connectivity index (χ4v) is 5.75. The molecule has 4 rings (SSSR count). The number of benzene rings is 2. The Balaban J connectivity index is 1.24. The molecule has 2 aliphatic heterocycles. The molecular weight excluding hydrogens is 446 g/mol. The van der Waals surface area contributed by atoms with Crippen molar-refractivity contribution < 1.29 is 27.5 Å². The summed E-state index contributed by atoms with van der Waals surface area (Å²) in [6.07, 6.45) is 0.385. The number of amides is 3. The Kier molecular flexibility index (Phi) is 6.64. The number of sulfone groups is 1. The molecule has 0 aliphatic carbocycles. The first-order valence-electron chi connectivity index (χ1n) is 10.7. The van der Waals surface area contributed by atoms with E-state index < -0.39 is 27.6 Å². The SMILES string of the molecule is O=C(NNC(=O)C1CC(=O)N(C2CCS(=O)(=O)C2)C1)c1ccc(OCc2ccccc2)cc1. The number of hydrazine groups is 1. The maximum Gasteiger partial charge on any atom is 0.269 e. The Morgan fingerprint density at radius 3 is 2.42 bits per heavy atom.